The van der Waals surface area contributed by atoms with Gasteiger partial charge in [-0.25, -0.2) is 4.98 Å². The fraction of sp³-hybridized carbons (Fsp3) is 0.182. The van der Waals surface area contributed by atoms with Gasteiger partial charge in [0.25, 0.3) is 5.91 Å². The minimum Gasteiger partial charge on any atom is -0.362 e. The van der Waals surface area contributed by atoms with Crippen molar-refractivity contribution in [2.75, 3.05) is 16.8 Å². The molecule has 2 aromatic heterocycles. The van der Waals surface area contributed by atoms with Gasteiger partial charge in [0.2, 0.25) is 0 Å². The van der Waals surface area contributed by atoms with E-state index >= 15 is 0 Å². The van der Waals surface area contributed by atoms with Crippen molar-refractivity contribution >= 4 is 39.7 Å². The van der Waals surface area contributed by atoms with E-state index in [2.05, 4.69) is 45.1 Å². The molecule has 0 aliphatic carbocycles. The number of carbonyl (C=O) groups excluding carboxylic acids is 1. The molecule has 5 rings (SSSR count). The summed E-state index contributed by atoms with van der Waals surface area (Å²) in [6.45, 7) is 4.68. The van der Waals surface area contributed by atoms with Gasteiger partial charge in [0.15, 0.2) is 0 Å². The Hall–Kier alpha value is -3.12. The number of fused-ring (bicyclic) bond motifs is 3. The van der Waals surface area contributed by atoms with Gasteiger partial charge in [-0.15, -0.1) is 11.3 Å². The topological polar surface area (TPSA) is 50.2 Å². The third-order valence-corrected chi connectivity index (χ3v) is 6.10. The molecule has 3 heterocycles. The fourth-order valence-corrected chi connectivity index (χ4v) is 4.38. The van der Waals surface area contributed by atoms with E-state index in [-0.39, 0.29) is 5.91 Å². The van der Waals surface area contributed by atoms with E-state index in [0.29, 0.717) is 0 Å². The Morgan fingerprint density at radius 1 is 1.11 bits per heavy atom. The lowest BCUT2D eigenvalue weighted by Gasteiger charge is -2.30. The Balaban J connectivity index is 1.37. The molecule has 1 amide bonds. The first-order valence-electron chi connectivity index (χ1n) is 9.33. The number of imidazole rings is 1. The van der Waals surface area contributed by atoms with Gasteiger partial charge in [0.05, 0.1) is 22.5 Å². The van der Waals surface area contributed by atoms with Crippen molar-refractivity contribution in [1.29, 1.82) is 0 Å². The maximum Gasteiger partial charge on any atom is 0.265 e. The van der Waals surface area contributed by atoms with Gasteiger partial charge >= 0.3 is 0 Å². The normalized spacial score (nSPS) is 13.5. The number of anilines is 2. The van der Waals surface area contributed by atoms with Crippen LogP contribution in [-0.2, 0) is 13.1 Å². The van der Waals surface area contributed by atoms with Gasteiger partial charge in [0, 0.05) is 24.5 Å². The zero-order valence-electron chi connectivity index (χ0n) is 15.6. The number of benzene rings is 2. The second-order valence-corrected chi connectivity index (χ2v) is 7.97. The molecule has 0 saturated carbocycles. The van der Waals surface area contributed by atoms with E-state index in [1.54, 1.807) is 0 Å². The molecule has 4 aromatic rings. The van der Waals surface area contributed by atoms with Crippen molar-refractivity contribution in [2.24, 2.45) is 0 Å². The van der Waals surface area contributed by atoms with Crippen LogP contribution in [0, 0.1) is 6.92 Å². The summed E-state index contributed by atoms with van der Waals surface area (Å²) in [6.07, 6.45) is 0. The SMILES string of the molecule is Cc1cc(N2CCn3c(nc4ccccc43)C2)ccc1NC(=O)c1cccs1. The highest BCUT2D eigenvalue weighted by molar-refractivity contribution is 7.12. The molecule has 5 nitrogen and oxygen atoms in total. The van der Waals surface area contributed by atoms with Gasteiger partial charge in [-0.2, -0.15) is 0 Å². The number of hydrogen-bond acceptors (Lipinski definition) is 4. The Bertz CT molecular complexity index is 1160. The van der Waals surface area contributed by atoms with Gasteiger partial charge in [0.1, 0.15) is 5.82 Å². The Kier molecular flexibility index (Phi) is 4.13. The molecule has 0 atom stereocenters. The number of nitrogens with one attached hydrogen (secondary N) is 1. The van der Waals surface area contributed by atoms with E-state index < -0.39 is 0 Å². The van der Waals surface area contributed by atoms with E-state index in [0.717, 1.165) is 52.8 Å². The van der Waals surface area contributed by atoms with Crippen molar-refractivity contribution in [3.8, 4) is 0 Å². The van der Waals surface area contributed by atoms with Crippen molar-refractivity contribution in [3.05, 3.63) is 76.2 Å². The Morgan fingerprint density at radius 3 is 2.82 bits per heavy atom. The molecule has 1 aliphatic rings. The number of rotatable bonds is 3. The van der Waals surface area contributed by atoms with Crippen LogP contribution in [0.2, 0.25) is 0 Å². The molecule has 0 radical (unpaired) electrons. The molecule has 1 aliphatic heterocycles. The van der Waals surface area contributed by atoms with E-state index in [9.17, 15) is 4.79 Å². The molecule has 140 valence electrons. The van der Waals surface area contributed by atoms with Crippen LogP contribution in [0.25, 0.3) is 11.0 Å². The molecule has 6 heteroatoms. The van der Waals surface area contributed by atoms with E-state index in [1.807, 2.05) is 36.6 Å². The minimum absolute atomic E-state index is 0.0578. The molecule has 0 bridgehead atoms. The maximum absolute atomic E-state index is 12.3. The van der Waals surface area contributed by atoms with Crippen LogP contribution in [-0.4, -0.2) is 22.0 Å². The zero-order chi connectivity index (χ0) is 19.1. The van der Waals surface area contributed by atoms with Crippen LogP contribution in [0.4, 0.5) is 11.4 Å². The number of aromatic nitrogens is 2. The highest BCUT2D eigenvalue weighted by Gasteiger charge is 2.20. The predicted octanol–water partition coefficient (Wildman–Crippen LogP) is 4.68. The predicted molar refractivity (Wildman–Crippen MR) is 114 cm³/mol. The third-order valence-electron chi connectivity index (χ3n) is 5.23. The van der Waals surface area contributed by atoms with Gasteiger partial charge in [-0.3, -0.25) is 4.79 Å². The third kappa shape index (κ3) is 2.96. The molecule has 28 heavy (non-hydrogen) atoms. The number of aryl methyl sites for hydroxylation is 1. The van der Waals surface area contributed by atoms with Gasteiger partial charge in [-0.1, -0.05) is 18.2 Å². The molecular formula is C22H20N4OS. The average Bonchev–Trinajstić information content (AvgIpc) is 3.37. The van der Waals surface area contributed by atoms with Gasteiger partial charge in [-0.05, 0) is 54.3 Å². The van der Waals surface area contributed by atoms with Crippen LogP contribution < -0.4 is 10.2 Å². The van der Waals surface area contributed by atoms with Crippen molar-refractivity contribution in [1.82, 2.24) is 9.55 Å². The monoisotopic (exact) mass is 388 g/mol. The van der Waals surface area contributed by atoms with Gasteiger partial charge < -0.3 is 14.8 Å². The first kappa shape index (κ1) is 17.0. The molecule has 0 spiro atoms. The summed E-state index contributed by atoms with van der Waals surface area (Å²) in [6, 6.07) is 18.2. The number of nitrogens with zero attached hydrogens (tertiary/aromatic N) is 3. The number of hydrogen-bond donors (Lipinski definition) is 1. The first-order valence-corrected chi connectivity index (χ1v) is 10.2. The maximum atomic E-state index is 12.3. The molecule has 0 saturated heterocycles. The van der Waals surface area contributed by atoms with Crippen molar-refractivity contribution < 1.29 is 4.79 Å². The first-order chi connectivity index (χ1) is 13.7. The molecule has 0 unspecified atom stereocenters. The van der Waals surface area contributed by atoms with Crippen molar-refractivity contribution in [2.45, 2.75) is 20.0 Å². The molecular weight excluding hydrogens is 368 g/mol. The molecule has 0 fully saturated rings. The van der Waals surface area contributed by atoms with Crippen LogP contribution >= 0.6 is 11.3 Å². The van der Waals surface area contributed by atoms with Crippen molar-refractivity contribution in [3.63, 3.8) is 0 Å². The van der Waals surface area contributed by atoms with E-state index in [4.69, 9.17) is 4.98 Å². The van der Waals surface area contributed by atoms with Crippen LogP contribution in [0.15, 0.2) is 60.0 Å². The standard InChI is InChI=1S/C22H20N4OS/c1-15-13-16(8-9-17(15)24-22(27)20-7-4-12-28-20)25-10-11-26-19-6-3-2-5-18(19)23-21(26)14-25/h2-9,12-13H,10-11,14H2,1H3,(H,24,27). The second-order valence-electron chi connectivity index (χ2n) is 7.02. The lowest BCUT2D eigenvalue weighted by Crippen LogP contribution is -2.33. The van der Waals surface area contributed by atoms with Crippen LogP contribution in [0.1, 0.15) is 21.1 Å². The number of thiophene rings is 1. The highest BCUT2D eigenvalue weighted by Crippen LogP contribution is 2.28. The summed E-state index contributed by atoms with van der Waals surface area (Å²) in [4.78, 5) is 20.2. The van der Waals surface area contributed by atoms with Crippen LogP contribution in [0.5, 0.6) is 0 Å². The lowest BCUT2D eigenvalue weighted by atomic mass is 10.1. The van der Waals surface area contributed by atoms with E-state index in [1.165, 1.54) is 16.9 Å². The number of amides is 1. The Morgan fingerprint density at radius 2 is 2.00 bits per heavy atom. The lowest BCUT2D eigenvalue weighted by molar-refractivity contribution is 0.103. The number of para-hydroxylation sites is 2. The van der Waals surface area contributed by atoms with Crippen LogP contribution in [0.3, 0.4) is 0 Å². The minimum atomic E-state index is -0.0578. The summed E-state index contributed by atoms with van der Waals surface area (Å²) in [5.74, 6) is 1.04. The Labute approximate surface area is 167 Å². The zero-order valence-corrected chi connectivity index (χ0v) is 16.4. The largest absolute Gasteiger partial charge is 0.362 e. The summed E-state index contributed by atoms with van der Waals surface area (Å²) < 4.78 is 2.31. The summed E-state index contributed by atoms with van der Waals surface area (Å²) in [7, 11) is 0. The summed E-state index contributed by atoms with van der Waals surface area (Å²) >= 11 is 1.45. The smallest absolute Gasteiger partial charge is 0.265 e. The summed E-state index contributed by atoms with van der Waals surface area (Å²) in [5, 5.41) is 4.92. The average molecular weight is 388 g/mol. The number of carbonyl (C=O) groups is 1. The fourth-order valence-electron chi connectivity index (χ4n) is 3.76. The molecule has 1 N–H and O–H groups in total. The summed E-state index contributed by atoms with van der Waals surface area (Å²) in [5.41, 5.74) is 5.33. The quantitative estimate of drug-likeness (QED) is 0.554. The molecule has 2 aromatic carbocycles. The second kappa shape index (κ2) is 6.80. The highest BCUT2D eigenvalue weighted by atomic mass is 32.1.